The lowest BCUT2D eigenvalue weighted by atomic mass is 10.2. The van der Waals surface area contributed by atoms with Crippen molar-refractivity contribution in [1.82, 2.24) is 20.4 Å². The van der Waals surface area contributed by atoms with Gasteiger partial charge in [0.05, 0.1) is 6.54 Å². The van der Waals surface area contributed by atoms with Crippen LogP contribution in [0.25, 0.3) is 11.5 Å². The maximum absolute atomic E-state index is 5.73. The second kappa shape index (κ2) is 8.22. The van der Waals surface area contributed by atoms with E-state index in [-0.39, 0.29) is 0 Å². The van der Waals surface area contributed by atoms with Crippen molar-refractivity contribution < 1.29 is 4.42 Å². The zero-order chi connectivity index (χ0) is 15.9. The molecule has 2 heterocycles. The van der Waals surface area contributed by atoms with Crippen molar-refractivity contribution in [2.75, 3.05) is 19.6 Å². The number of nitrogens with one attached hydrogen (secondary N) is 1. The highest BCUT2D eigenvalue weighted by Gasteiger charge is 2.13. The van der Waals surface area contributed by atoms with Crippen LogP contribution in [0.3, 0.4) is 0 Å². The Morgan fingerprint density at radius 2 is 1.83 bits per heavy atom. The molecule has 1 aliphatic heterocycles. The molecule has 1 N–H and O–H groups in total. The molecule has 5 heteroatoms. The summed E-state index contributed by atoms with van der Waals surface area (Å²) >= 11 is 0. The van der Waals surface area contributed by atoms with Crippen LogP contribution < -0.4 is 5.32 Å². The zero-order valence-corrected chi connectivity index (χ0v) is 13.9. The summed E-state index contributed by atoms with van der Waals surface area (Å²) in [5, 5.41) is 11.8. The van der Waals surface area contributed by atoms with Crippen LogP contribution in [-0.2, 0) is 6.54 Å². The van der Waals surface area contributed by atoms with Gasteiger partial charge in [0.1, 0.15) is 0 Å². The molecule has 5 nitrogen and oxygen atoms in total. The highest BCUT2D eigenvalue weighted by atomic mass is 16.4. The summed E-state index contributed by atoms with van der Waals surface area (Å²) in [7, 11) is 0. The van der Waals surface area contributed by atoms with Crippen LogP contribution in [0.2, 0.25) is 0 Å². The van der Waals surface area contributed by atoms with Gasteiger partial charge in [-0.05, 0) is 45.0 Å². The van der Waals surface area contributed by atoms with Crippen LogP contribution >= 0.6 is 0 Å². The molecule has 0 aliphatic carbocycles. The fourth-order valence-corrected chi connectivity index (χ4v) is 3.05. The van der Waals surface area contributed by atoms with Crippen molar-refractivity contribution in [2.24, 2.45) is 0 Å². The fraction of sp³-hybridized carbons (Fsp3) is 0.556. The monoisotopic (exact) mass is 314 g/mol. The van der Waals surface area contributed by atoms with E-state index in [1.807, 2.05) is 30.3 Å². The molecule has 124 valence electrons. The maximum atomic E-state index is 5.73. The molecule has 0 radical (unpaired) electrons. The van der Waals surface area contributed by atoms with E-state index in [0.29, 0.717) is 24.4 Å². The fourth-order valence-electron chi connectivity index (χ4n) is 3.05. The Morgan fingerprint density at radius 3 is 2.57 bits per heavy atom. The van der Waals surface area contributed by atoms with E-state index >= 15 is 0 Å². The first kappa shape index (κ1) is 16.1. The molecule has 0 amide bonds. The minimum absolute atomic E-state index is 0.417. The third-order valence-electron chi connectivity index (χ3n) is 4.32. The summed E-state index contributed by atoms with van der Waals surface area (Å²) in [5.41, 5.74) is 0.962. The molecule has 2 aromatic rings. The smallest absolute Gasteiger partial charge is 0.247 e. The molecular formula is C18H26N4O. The van der Waals surface area contributed by atoms with Crippen LogP contribution in [0.5, 0.6) is 0 Å². The average molecular weight is 314 g/mol. The normalized spacial score (nSPS) is 17.8. The van der Waals surface area contributed by atoms with Gasteiger partial charge < -0.3 is 14.6 Å². The van der Waals surface area contributed by atoms with Crippen molar-refractivity contribution >= 4 is 0 Å². The van der Waals surface area contributed by atoms with Crippen LogP contribution in [-0.4, -0.2) is 40.8 Å². The van der Waals surface area contributed by atoms with Crippen LogP contribution in [0.15, 0.2) is 34.7 Å². The lowest BCUT2D eigenvalue weighted by Gasteiger charge is -2.24. The van der Waals surface area contributed by atoms with E-state index in [4.69, 9.17) is 4.42 Å². The standard InChI is InChI=1S/C18H26N4O/c1-15(14-22-11-7-2-3-8-12-22)19-13-17-20-21-18(23-17)16-9-5-4-6-10-16/h4-6,9-10,15,19H,2-3,7-8,11-14H2,1H3. The van der Waals surface area contributed by atoms with Gasteiger partial charge in [-0.25, -0.2) is 0 Å². The Kier molecular flexibility index (Phi) is 5.77. The van der Waals surface area contributed by atoms with E-state index in [0.717, 1.165) is 12.1 Å². The predicted octanol–water partition coefficient (Wildman–Crippen LogP) is 3.09. The number of likely N-dealkylation sites (tertiary alicyclic amines) is 1. The van der Waals surface area contributed by atoms with Crippen LogP contribution in [0, 0.1) is 0 Å². The van der Waals surface area contributed by atoms with Gasteiger partial charge in [0.2, 0.25) is 11.8 Å². The summed E-state index contributed by atoms with van der Waals surface area (Å²) in [4.78, 5) is 2.56. The van der Waals surface area contributed by atoms with E-state index < -0.39 is 0 Å². The van der Waals surface area contributed by atoms with Crippen molar-refractivity contribution in [3.05, 3.63) is 36.2 Å². The minimum Gasteiger partial charge on any atom is -0.419 e. The summed E-state index contributed by atoms with van der Waals surface area (Å²) in [6.07, 6.45) is 5.42. The van der Waals surface area contributed by atoms with Crippen LogP contribution in [0.4, 0.5) is 0 Å². The summed E-state index contributed by atoms with van der Waals surface area (Å²) in [5.74, 6) is 1.23. The van der Waals surface area contributed by atoms with Crippen molar-refractivity contribution in [3.63, 3.8) is 0 Å². The Hall–Kier alpha value is -1.72. The molecule has 1 atom stereocenters. The molecular weight excluding hydrogens is 288 g/mol. The van der Waals surface area contributed by atoms with Gasteiger partial charge in [-0.1, -0.05) is 31.0 Å². The lowest BCUT2D eigenvalue weighted by Crippen LogP contribution is -2.39. The van der Waals surface area contributed by atoms with E-state index in [2.05, 4.69) is 27.3 Å². The van der Waals surface area contributed by atoms with E-state index in [1.165, 1.54) is 38.8 Å². The summed E-state index contributed by atoms with van der Waals surface area (Å²) in [6.45, 7) is 6.38. The summed E-state index contributed by atoms with van der Waals surface area (Å²) in [6, 6.07) is 10.3. The van der Waals surface area contributed by atoms with Gasteiger partial charge >= 0.3 is 0 Å². The van der Waals surface area contributed by atoms with Gasteiger partial charge in [-0.2, -0.15) is 0 Å². The number of benzene rings is 1. The topological polar surface area (TPSA) is 54.2 Å². The molecule has 0 spiro atoms. The second-order valence-electron chi connectivity index (χ2n) is 6.36. The number of hydrogen-bond donors (Lipinski definition) is 1. The highest BCUT2D eigenvalue weighted by molar-refractivity contribution is 5.51. The molecule has 1 aromatic heterocycles. The molecule has 1 saturated heterocycles. The van der Waals surface area contributed by atoms with Gasteiger partial charge in [-0.15, -0.1) is 10.2 Å². The molecule has 23 heavy (non-hydrogen) atoms. The first-order chi connectivity index (χ1) is 11.3. The third kappa shape index (κ3) is 4.88. The number of hydrogen-bond acceptors (Lipinski definition) is 5. The third-order valence-corrected chi connectivity index (χ3v) is 4.32. The van der Waals surface area contributed by atoms with Gasteiger partial charge in [0, 0.05) is 18.2 Å². The highest BCUT2D eigenvalue weighted by Crippen LogP contribution is 2.16. The van der Waals surface area contributed by atoms with Crippen LogP contribution in [0.1, 0.15) is 38.5 Å². The largest absolute Gasteiger partial charge is 0.419 e. The SMILES string of the molecule is CC(CN1CCCCCC1)NCc1nnc(-c2ccccc2)o1. The van der Waals surface area contributed by atoms with Crippen molar-refractivity contribution in [1.29, 1.82) is 0 Å². The Balaban J connectivity index is 1.47. The zero-order valence-electron chi connectivity index (χ0n) is 13.9. The van der Waals surface area contributed by atoms with Gasteiger partial charge in [0.25, 0.3) is 0 Å². The number of nitrogens with zero attached hydrogens (tertiary/aromatic N) is 3. The molecule has 0 bridgehead atoms. The summed E-state index contributed by atoms with van der Waals surface area (Å²) < 4.78 is 5.73. The Morgan fingerprint density at radius 1 is 1.09 bits per heavy atom. The lowest BCUT2D eigenvalue weighted by molar-refractivity contribution is 0.253. The Labute approximate surface area is 138 Å². The number of aromatic nitrogens is 2. The molecule has 1 unspecified atom stereocenters. The first-order valence-electron chi connectivity index (χ1n) is 8.65. The van der Waals surface area contributed by atoms with Crippen molar-refractivity contribution in [3.8, 4) is 11.5 Å². The van der Waals surface area contributed by atoms with E-state index in [1.54, 1.807) is 0 Å². The quantitative estimate of drug-likeness (QED) is 0.888. The Bertz CT molecular complexity index is 576. The maximum Gasteiger partial charge on any atom is 0.247 e. The minimum atomic E-state index is 0.417. The average Bonchev–Trinajstić information content (AvgIpc) is 2.91. The molecule has 1 aromatic carbocycles. The van der Waals surface area contributed by atoms with Gasteiger partial charge in [-0.3, -0.25) is 0 Å². The predicted molar refractivity (Wildman–Crippen MR) is 90.9 cm³/mol. The van der Waals surface area contributed by atoms with E-state index in [9.17, 15) is 0 Å². The molecule has 1 fully saturated rings. The molecule has 0 saturated carbocycles. The van der Waals surface area contributed by atoms with Gasteiger partial charge in [0.15, 0.2) is 0 Å². The molecule has 3 rings (SSSR count). The second-order valence-corrected chi connectivity index (χ2v) is 6.36. The molecule has 1 aliphatic rings. The number of rotatable bonds is 6. The first-order valence-corrected chi connectivity index (χ1v) is 8.65. The van der Waals surface area contributed by atoms with Crippen molar-refractivity contribution in [2.45, 2.75) is 45.2 Å².